The molecule has 7 heteroatoms. The van der Waals surface area contributed by atoms with E-state index in [0.29, 0.717) is 5.82 Å². The monoisotopic (exact) mass is 352 g/mol. The van der Waals surface area contributed by atoms with Crippen LogP contribution in [-0.4, -0.2) is 30.4 Å². The fraction of sp³-hybridized carbons (Fsp3) is 0.0769. The molecule has 1 aromatic heterocycles. The Labute approximate surface area is 124 Å². The largest absolute Gasteiger partial charge is 0.279 e. The third-order valence-corrected chi connectivity index (χ3v) is 5.11. The van der Waals surface area contributed by atoms with Gasteiger partial charge in [-0.3, -0.25) is 9.36 Å². The van der Waals surface area contributed by atoms with Crippen LogP contribution in [0.3, 0.4) is 0 Å². The summed E-state index contributed by atoms with van der Waals surface area (Å²) < 4.78 is 26.7. The van der Waals surface area contributed by atoms with E-state index in [0.717, 1.165) is 4.47 Å². The molecule has 2 heterocycles. The molecule has 0 spiro atoms. The highest BCUT2D eigenvalue weighted by Gasteiger charge is 2.28. The normalized spacial score (nSPS) is 14.2. The van der Waals surface area contributed by atoms with Crippen molar-refractivity contribution in [2.75, 3.05) is 5.75 Å². The summed E-state index contributed by atoms with van der Waals surface area (Å²) in [6.07, 6.45) is 1.57. The lowest BCUT2D eigenvalue weighted by Crippen LogP contribution is -2.24. The van der Waals surface area contributed by atoms with Crippen molar-refractivity contribution in [3.63, 3.8) is 0 Å². The van der Waals surface area contributed by atoms with E-state index in [1.165, 1.54) is 16.7 Å². The highest BCUT2D eigenvalue weighted by atomic mass is 79.9. The van der Waals surface area contributed by atoms with Gasteiger partial charge in [0.1, 0.15) is 17.3 Å². The highest BCUT2D eigenvalue weighted by Crippen LogP contribution is 2.22. The zero-order chi connectivity index (χ0) is 14.3. The second kappa shape index (κ2) is 4.68. The maximum absolute atomic E-state index is 12.3. The number of hydrogen-bond donors (Lipinski definition) is 0. The molecule has 0 unspecified atom stereocenters. The molecule has 0 radical (unpaired) electrons. The van der Waals surface area contributed by atoms with Crippen LogP contribution in [0, 0.1) is 0 Å². The number of halogens is 1. The molecule has 1 aromatic carbocycles. The van der Waals surface area contributed by atoms with Crippen LogP contribution in [0.2, 0.25) is 0 Å². The van der Waals surface area contributed by atoms with E-state index >= 15 is 0 Å². The Morgan fingerprint density at radius 1 is 1.15 bits per heavy atom. The molecule has 1 aliphatic heterocycles. The van der Waals surface area contributed by atoms with Crippen molar-refractivity contribution < 1.29 is 13.2 Å². The Morgan fingerprint density at radius 2 is 1.85 bits per heavy atom. The van der Waals surface area contributed by atoms with E-state index in [4.69, 9.17) is 0 Å². The van der Waals surface area contributed by atoms with Crippen LogP contribution in [0.4, 0.5) is 5.82 Å². The highest BCUT2D eigenvalue weighted by molar-refractivity contribution is 9.10. The Kier molecular flexibility index (Phi) is 3.10. The van der Waals surface area contributed by atoms with Gasteiger partial charge in [-0.1, -0.05) is 15.9 Å². The molecule has 0 amide bonds. The second-order valence-electron chi connectivity index (χ2n) is 4.31. The number of aromatic nitrogens is 1. The number of rotatable bonds is 3. The molecule has 0 saturated heterocycles. The summed E-state index contributed by atoms with van der Waals surface area (Å²) in [5.74, 6) is -0.309. The minimum absolute atomic E-state index is 0.0449. The van der Waals surface area contributed by atoms with E-state index in [9.17, 15) is 13.2 Å². The molecule has 3 rings (SSSR count). The van der Waals surface area contributed by atoms with E-state index in [1.807, 2.05) is 0 Å². The zero-order valence-corrected chi connectivity index (χ0v) is 12.6. The van der Waals surface area contributed by atoms with E-state index < -0.39 is 15.6 Å². The summed E-state index contributed by atoms with van der Waals surface area (Å²) in [4.78, 5) is 16.2. The number of fused-ring (bicyclic) bond motifs is 1. The van der Waals surface area contributed by atoms with Crippen LogP contribution in [0.15, 0.2) is 57.0 Å². The Balaban J connectivity index is 1.90. The molecular weight excluding hydrogens is 344 g/mol. The average molecular weight is 353 g/mol. The number of carbonyl (C=O) groups excluding carboxylic acids is 1. The molecule has 1 aliphatic rings. The van der Waals surface area contributed by atoms with Gasteiger partial charge < -0.3 is 0 Å². The number of carbonyl (C=O) groups is 1. The Morgan fingerprint density at radius 3 is 2.50 bits per heavy atom. The summed E-state index contributed by atoms with van der Waals surface area (Å²) in [5.41, 5.74) is 0.0449. The maximum Gasteiger partial charge on any atom is 0.279 e. The lowest BCUT2D eigenvalue weighted by atomic mass is 10.4. The molecule has 0 bridgehead atoms. The first-order chi connectivity index (χ1) is 9.47. The number of benzene rings is 1. The van der Waals surface area contributed by atoms with Crippen LogP contribution in [0.5, 0.6) is 0 Å². The molecule has 2 aromatic rings. The van der Waals surface area contributed by atoms with Crippen molar-refractivity contribution >= 4 is 43.2 Å². The standard InChI is InChI=1S/C13H9BrN2O3S/c14-9-3-5-10(6-4-9)20(18,19)8-11-13(17)16-7-1-2-12(16)15-11/h1-7H,8H2. The van der Waals surface area contributed by atoms with Gasteiger partial charge in [-0.05, 0) is 36.4 Å². The fourth-order valence-corrected chi connectivity index (χ4v) is 3.49. The summed E-state index contributed by atoms with van der Waals surface area (Å²) in [6.45, 7) is 0. The second-order valence-corrected chi connectivity index (χ2v) is 7.22. The van der Waals surface area contributed by atoms with Crippen molar-refractivity contribution in [2.24, 2.45) is 4.99 Å². The first-order valence-corrected chi connectivity index (χ1v) is 8.20. The third kappa shape index (κ3) is 2.23. The van der Waals surface area contributed by atoms with Crippen molar-refractivity contribution in [1.82, 2.24) is 4.57 Å². The fourth-order valence-electron chi connectivity index (χ4n) is 1.96. The van der Waals surface area contributed by atoms with Crippen molar-refractivity contribution in [1.29, 1.82) is 0 Å². The predicted octanol–water partition coefficient (Wildman–Crippen LogP) is 2.45. The number of sulfone groups is 1. The smallest absolute Gasteiger partial charge is 0.267 e. The van der Waals surface area contributed by atoms with Gasteiger partial charge in [0, 0.05) is 10.7 Å². The molecular formula is C13H9BrN2O3S. The van der Waals surface area contributed by atoms with Gasteiger partial charge in [-0.25, -0.2) is 13.4 Å². The average Bonchev–Trinajstić information content (AvgIpc) is 2.95. The topological polar surface area (TPSA) is 68.5 Å². The lowest BCUT2D eigenvalue weighted by molar-refractivity contribution is 0.0997. The molecule has 102 valence electrons. The molecule has 0 fully saturated rings. The molecule has 5 nitrogen and oxygen atoms in total. The van der Waals surface area contributed by atoms with Crippen LogP contribution in [0.1, 0.15) is 4.79 Å². The summed E-state index contributed by atoms with van der Waals surface area (Å²) in [6, 6.07) is 9.65. The minimum atomic E-state index is -3.57. The van der Waals surface area contributed by atoms with Crippen LogP contribution in [0.25, 0.3) is 0 Å². The van der Waals surface area contributed by atoms with E-state index in [1.54, 1.807) is 30.5 Å². The first-order valence-electron chi connectivity index (χ1n) is 5.75. The van der Waals surface area contributed by atoms with Gasteiger partial charge in [0.2, 0.25) is 0 Å². The van der Waals surface area contributed by atoms with Gasteiger partial charge in [0.05, 0.1) is 4.90 Å². The minimum Gasteiger partial charge on any atom is -0.267 e. The van der Waals surface area contributed by atoms with Crippen molar-refractivity contribution in [2.45, 2.75) is 4.90 Å². The van der Waals surface area contributed by atoms with Gasteiger partial charge in [0.15, 0.2) is 9.84 Å². The zero-order valence-electron chi connectivity index (χ0n) is 10.2. The van der Waals surface area contributed by atoms with Crippen LogP contribution < -0.4 is 0 Å². The molecule has 0 aliphatic carbocycles. The maximum atomic E-state index is 12.3. The van der Waals surface area contributed by atoms with Gasteiger partial charge >= 0.3 is 0 Å². The summed E-state index contributed by atoms with van der Waals surface area (Å²) in [5, 5.41) is 0. The van der Waals surface area contributed by atoms with Gasteiger partial charge in [0.25, 0.3) is 5.91 Å². The Bertz CT molecular complexity index is 820. The lowest BCUT2D eigenvalue weighted by Gasteiger charge is -2.04. The third-order valence-electron chi connectivity index (χ3n) is 2.94. The van der Waals surface area contributed by atoms with Crippen molar-refractivity contribution in [3.05, 3.63) is 47.1 Å². The van der Waals surface area contributed by atoms with Crippen LogP contribution >= 0.6 is 15.9 Å². The molecule has 0 saturated carbocycles. The molecule has 0 atom stereocenters. The predicted molar refractivity (Wildman–Crippen MR) is 78.3 cm³/mol. The summed E-state index contributed by atoms with van der Waals surface area (Å²) >= 11 is 3.25. The molecule has 20 heavy (non-hydrogen) atoms. The van der Waals surface area contributed by atoms with E-state index in [-0.39, 0.29) is 16.5 Å². The quantitative estimate of drug-likeness (QED) is 0.851. The summed E-state index contributed by atoms with van der Waals surface area (Å²) in [7, 11) is -3.57. The number of hydrogen-bond acceptors (Lipinski definition) is 4. The van der Waals surface area contributed by atoms with Gasteiger partial charge in [-0.15, -0.1) is 0 Å². The van der Waals surface area contributed by atoms with Crippen molar-refractivity contribution in [3.8, 4) is 0 Å². The number of aliphatic imine (C=N–C) groups is 1. The number of nitrogens with zero attached hydrogens (tertiary/aromatic N) is 2. The van der Waals surface area contributed by atoms with E-state index in [2.05, 4.69) is 20.9 Å². The Hall–Kier alpha value is -1.73. The molecule has 0 N–H and O–H groups in total. The van der Waals surface area contributed by atoms with Gasteiger partial charge in [-0.2, -0.15) is 0 Å². The first kappa shape index (κ1) is 13.3. The SMILES string of the molecule is O=C1C(CS(=O)(=O)c2ccc(Br)cc2)=Nc2cccn21. The van der Waals surface area contributed by atoms with Crippen LogP contribution in [-0.2, 0) is 9.84 Å².